The maximum absolute atomic E-state index is 14.4. The van der Waals surface area contributed by atoms with Gasteiger partial charge in [0.1, 0.15) is 36.9 Å². The molecule has 0 aromatic heterocycles. The van der Waals surface area contributed by atoms with E-state index < -0.39 is 59.7 Å². The summed E-state index contributed by atoms with van der Waals surface area (Å²) in [6.07, 6.45) is -2.56. The van der Waals surface area contributed by atoms with Crippen molar-refractivity contribution >= 4 is 63.5 Å². The van der Waals surface area contributed by atoms with Crippen LogP contribution in [-0.4, -0.2) is 72.2 Å². The number of hydrogen-bond acceptors (Lipinski definition) is 10. The Balaban J connectivity index is 1.22. The van der Waals surface area contributed by atoms with E-state index >= 15 is 0 Å². The molecule has 7 N–H and O–H groups in total. The van der Waals surface area contributed by atoms with Crippen molar-refractivity contribution in [1.29, 1.82) is 0 Å². The minimum Gasteiger partial charge on any atom is -0.444 e. The van der Waals surface area contributed by atoms with Gasteiger partial charge in [-0.1, -0.05) is 146 Å². The average Bonchev–Trinajstić information content (AvgIpc) is 3.33. The van der Waals surface area contributed by atoms with Crippen molar-refractivity contribution in [2.24, 2.45) is 10.7 Å². The van der Waals surface area contributed by atoms with Gasteiger partial charge in [0.2, 0.25) is 23.7 Å². The second kappa shape index (κ2) is 24.5. The Bertz CT molecular complexity index is 2700. The lowest BCUT2D eigenvalue weighted by molar-refractivity contribution is -0.132. The normalized spacial score (nSPS) is 12.3. The van der Waals surface area contributed by atoms with E-state index in [4.69, 9.17) is 19.9 Å². The van der Waals surface area contributed by atoms with Crippen LogP contribution in [-0.2, 0) is 54.6 Å². The number of hydrogen-bond donors (Lipinski definition) is 6. The van der Waals surface area contributed by atoms with Gasteiger partial charge in [0, 0.05) is 19.4 Å². The van der Waals surface area contributed by atoms with Crippen LogP contribution in [0.3, 0.4) is 0 Å². The number of carbonyl (C=O) groups excluding carboxylic acids is 6. The van der Waals surface area contributed by atoms with Crippen molar-refractivity contribution in [3.8, 4) is 0 Å². The van der Waals surface area contributed by atoms with E-state index in [1.807, 2.05) is 97.1 Å². The number of nitrogens with two attached hydrogens (primary N) is 1. The molecule has 0 aliphatic heterocycles. The zero-order chi connectivity index (χ0) is 49.2. The zero-order valence-corrected chi connectivity index (χ0v) is 38.7. The Morgan fingerprint density at radius 1 is 0.522 bits per heavy atom. The van der Waals surface area contributed by atoms with E-state index in [1.54, 1.807) is 69.3 Å². The highest BCUT2D eigenvalue weighted by Gasteiger charge is 2.31. The predicted molar refractivity (Wildman–Crippen MR) is 263 cm³/mol. The van der Waals surface area contributed by atoms with Gasteiger partial charge in [0.05, 0.1) is 0 Å². The topological polar surface area (TPSA) is 229 Å². The SMILES string of the molecule is CC(C)(C)OC(=O)N[C@H](Cc1ccc2ccccc2c1)C(=O)N[C@@H](CCCN=C(NC(=O)OCc1ccccc1)NC(=O)OCc1ccccc1)C(=O)N[C@H](Cc1ccc2ccccc2c1)C(N)=O. The van der Waals surface area contributed by atoms with Crippen LogP contribution in [0, 0.1) is 0 Å². The molecule has 0 saturated heterocycles. The van der Waals surface area contributed by atoms with Gasteiger partial charge in [-0.25, -0.2) is 14.4 Å². The van der Waals surface area contributed by atoms with E-state index in [9.17, 15) is 28.8 Å². The van der Waals surface area contributed by atoms with Gasteiger partial charge in [-0.3, -0.25) is 30.0 Å². The van der Waals surface area contributed by atoms with Crippen molar-refractivity contribution in [3.63, 3.8) is 0 Å². The number of alkyl carbamates (subject to hydrolysis) is 3. The standard InChI is InChI=1S/C53H57N7O9/c1-53(2,3)69-52(66)58-45(32-38-25-27-40-20-11-13-22-42(40)30-38)48(63)56-43(47(62)57-44(46(54)61)31-37-24-26-39-19-10-12-21-41(39)29-37)23-14-28-55-49(59-50(64)67-33-35-15-6-4-7-16-35)60-51(65)68-34-36-17-8-5-9-18-36/h4-13,15-22,24-27,29-30,43-45H,14,23,28,31-34H2,1-3H3,(H2,54,61)(H,56,63)(H,57,62)(H,58,66)(H2,55,59,60,64,65)/t43-,44+,45+/m0/s1. The van der Waals surface area contributed by atoms with Crippen LogP contribution in [0.1, 0.15) is 55.9 Å². The van der Waals surface area contributed by atoms with Crippen LogP contribution in [0.15, 0.2) is 151 Å². The molecule has 0 unspecified atom stereocenters. The Morgan fingerprint density at radius 3 is 1.46 bits per heavy atom. The molecule has 69 heavy (non-hydrogen) atoms. The fourth-order valence-electron chi connectivity index (χ4n) is 7.21. The lowest BCUT2D eigenvalue weighted by atomic mass is 10.00. The van der Waals surface area contributed by atoms with Crippen molar-refractivity contribution in [2.75, 3.05) is 6.54 Å². The molecule has 0 spiro atoms. The first-order chi connectivity index (χ1) is 33.2. The van der Waals surface area contributed by atoms with E-state index in [2.05, 4.69) is 31.6 Å². The number of nitrogens with zero attached hydrogens (tertiary/aromatic N) is 1. The fraction of sp³-hybridized carbons (Fsp3) is 0.264. The first-order valence-corrected chi connectivity index (χ1v) is 22.5. The minimum absolute atomic E-state index is 0.0296. The highest BCUT2D eigenvalue weighted by Crippen LogP contribution is 2.19. The van der Waals surface area contributed by atoms with Crippen LogP contribution < -0.4 is 32.3 Å². The van der Waals surface area contributed by atoms with Crippen molar-refractivity contribution in [2.45, 2.75) is 83.4 Å². The highest BCUT2D eigenvalue weighted by molar-refractivity contribution is 6.01. The number of rotatable bonds is 18. The number of benzene rings is 6. The summed E-state index contributed by atoms with van der Waals surface area (Å²) in [5.41, 5.74) is 7.89. The number of ether oxygens (including phenoxy) is 3. The summed E-state index contributed by atoms with van der Waals surface area (Å²) in [5, 5.41) is 16.9. The monoisotopic (exact) mass is 935 g/mol. The molecular formula is C53H57N7O9. The van der Waals surface area contributed by atoms with Gasteiger partial charge in [-0.05, 0) is 77.4 Å². The van der Waals surface area contributed by atoms with Crippen molar-refractivity contribution < 1.29 is 43.0 Å². The van der Waals surface area contributed by atoms with E-state index in [0.29, 0.717) is 0 Å². The molecule has 6 aromatic carbocycles. The summed E-state index contributed by atoms with van der Waals surface area (Å²) in [6, 6.07) is 41.0. The third-order valence-electron chi connectivity index (χ3n) is 10.6. The first-order valence-electron chi connectivity index (χ1n) is 22.5. The van der Waals surface area contributed by atoms with Gasteiger partial charge >= 0.3 is 18.3 Å². The van der Waals surface area contributed by atoms with Gasteiger partial charge < -0.3 is 35.9 Å². The number of primary amides is 1. The van der Waals surface area contributed by atoms with Crippen LogP contribution in [0.25, 0.3) is 21.5 Å². The Labute approximate surface area is 400 Å². The van der Waals surface area contributed by atoms with Crippen LogP contribution in [0.5, 0.6) is 0 Å². The molecule has 358 valence electrons. The van der Waals surface area contributed by atoms with Gasteiger partial charge in [-0.15, -0.1) is 0 Å². The summed E-state index contributed by atoms with van der Waals surface area (Å²) in [4.78, 5) is 85.0. The summed E-state index contributed by atoms with van der Waals surface area (Å²) in [5.74, 6) is -2.54. The maximum atomic E-state index is 14.4. The molecule has 6 rings (SSSR count). The first kappa shape index (κ1) is 50.1. The molecule has 0 saturated carbocycles. The third-order valence-corrected chi connectivity index (χ3v) is 10.6. The largest absolute Gasteiger partial charge is 0.444 e. The Hall–Kier alpha value is -8.27. The molecule has 16 heteroatoms. The number of fused-ring (bicyclic) bond motifs is 2. The summed E-state index contributed by atoms with van der Waals surface area (Å²) in [6.45, 7) is 4.86. The number of guanidine groups is 1. The molecule has 16 nitrogen and oxygen atoms in total. The molecule has 0 aliphatic rings. The zero-order valence-electron chi connectivity index (χ0n) is 38.7. The fourth-order valence-corrected chi connectivity index (χ4v) is 7.21. The summed E-state index contributed by atoms with van der Waals surface area (Å²) in [7, 11) is 0. The van der Waals surface area contributed by atoms with E-state index in [0.717, 1.165) is 43.8 Å². The van der Waals surface area contributed by atoms with Crippen molar-refractivity contribution in [3.05, 3.63) is 168 Å². The van der Waals surface area contributed by atoms with Crippen LogP contribution in [0.4, 0.5) is 14.4 Å². The predicted octanol–water partition coefficient (Wildman–Crippen LogP) is 7.12. The Kier molecular flexibility index (Phi) is 17.8. The van der Waals surface area contributed by atoms with Crippen LogP contribution >= 0.6 is 0 Å². The van der Waals surface area contributed by atoms with Gasteiger partial charge in [0.25, 0.3) is 0 Å². The molecule has 0 heterocycles. The lowest BCUT2D eigenvalue weighted by Gasteiger charge is -2.26. The summed E-state index contributed by atoms with van der Waals surface area (Å²) < 4.78 is 16.2. The maximum Gasteiger partial charge on any atom is 0.414 e. The molecule has 3 atom stereocenters. The lowest BCUT2D eigenvalue weighted by Crippen LogP contribution is -2.57. The molecular weight excluding hydrogens is 879 g/mol. The molecule has 6 amide bonds. The van der Waals surface area contributed by atoms with E-state index in [1.165, 1.54) is 0 Å². The Morgan fingerprint density at radius 2 is 0.971 bits per heavy atom. The average molecular weight is 936 g/mol. The highest BCUT2D eigenvalue weighted by atomic mass is 16.6. The van der Waals surface area contributed by atoms with E-state index in [-0.39, 0.29) is 51.4 Å². The van der Waals surface area contributed by atoms with Gasteiger partial charge in [0.15, 0.2) is 0 Å². The second-order valence-electron chi connectivity index (χ2n) is 17.2. The molecule has 0 aliphatic carbocycles. The molecule has 6 aromatic rings. The number of aliphatic imine (C=N–C) groups is 1. The number of carbonyl (C=O) groups is 6. The van der Waals surface area contributed by atoms with Crippen molar-refractivity contribution in [1.82, 2.24) is 26.6 Å². The third kappa shape index (κ3) is 16.5. The quantitative estimate of drug-likeness (QED) is 0.0223. The minimum atomic E-state index is -1.30. The summed E-state index contributed by atoms with van der Waals surface area (Å²) >= 11 is 0. The molecule has 0 bridgehead atoms. The molecule has 0 fully saturated rings. The smallest absolute Gasteiger partial charge is 0.414 e. The van der Waals surface area contributed by atoms with Crippen LogP contribution in [0.2, 0.25) is 0 Å². The second-order valence-corrected chi connectivity index (χ2v) is 17.2. The number of amides is 6. The van der Waals surface area contributed by atoms with Gasteiger partial charge in [-0.2, -0.15) is 0 Å². The molecule has 0 radical (unpaired) electrons. The number of nitrogens with one attached hydrogen (secondary N) is 5.